The van der Waals surface area contributed by atoms with Crippen molar-refractivity contribution in [3.63, 3.8) is 0 Å². The smallest absolute Gasteiger partial charge is 0.462 e. The maximum Gasteiger partial charge on any atom is 0.472 e. The van der Waals surface area contributed by atoms with Gasteiger partial charge in [0, 0.05) is 25.7 Å². The van der Waals surface area contributed by atoms with Crippen molar-refractivity contribution in [1.29, 1.82) is 0 Å². The van der Waals surface area contributed by atoms with Gasteiger partial charge < -0.3 is 33.8 Å². The minimum atomic E-state index is -4.96. The molecule has 0 amide bonds. The van der Waals surface area contributed by atoms with Crippen molar-refractivity contribution >= 4 is 39.5 Å². The van der Waals surface area contributed by atoms with Crippen LogP contribution in [0, 0.1) is 5.92 Å². The third kappa shape index (κ3) is 70.9. The van der Waals surface area contributed by atoms with Crippen LogP contribution in [0.1, 0.15) is 413 Å². The van der Waals surface area contributed by atoms with Gasteiger partial charge in [-0.1, -0.05) is 362 Å². The van der Waals surface area contributed by atoms with Crippen LogP contribution in [0.4, 0.5) is 0 Å². The highest BCUT2D eigenvalue weighted by molar-refractivity contribution is 7.47. The Morgan fingerprint density at radius 2 is 0.495 bits per heavy atom. The van der Waals surface area contributed by atoms with Crippen molar-refractivity contribution in [2.45, 2.75) is 432 Å². The fourth-order valence-corrected chi connectivity index (χ4v) is 13.6. The number of unbranched alkanes of at least 4 members (excludes halogenated alkanes) is 49. The molecule has 97 heavy (non-hydrogen) atoms. The van der Waals surface area contributed by atoms with Gasteiger partial charge in [0.25, 0.3) is 0 Å². The molecule has 0 spiro atoms. The van der Waals surface area contributed by atoms with Crippen LogP contribution in [0.5, 0.6) is 0 Å². The Hall–Kier alpha value is -1.94. The predicted octanol–water partition coefficient (Wildman–Crippen LogP) is 23.3. The number of carbonyl (C=O) groups is 4. The molecule has 0 saturated carbocycles. The van der Waals surface area contributed by atoms with Gasteiger partial charge in [0.2, 0.25) is 0 Å². The van der Waals surface area contributed by atoms with Crippen molar-refractivity contribution in [3.8, 4) is 0 Å². The molecule has 0 rings (SSSR count). The van der Waals surface area contributed by atoms with Crippen molar-refractivity contribution in [3.05, 3.63) is 0 Å². The topological polar surface area (TPSA) is 237 Å². The zero-order chi connectivity index (χ0) is 71.2. The molecule has 576 valence electrons. The lowest BCUT2D eigenvalue weighted by atomic mass is 9.99. The number of phosphoric ester groups is 2. The first kappa shape index (κ1) is 95.1. The monoisotopic (exact) mass is 1420 g/mol. The Morgan fingerprint density at radius 1 is 0.289 bits per heavy atom. The molecular formula is C78H152O17P2. The number of hydrogen-bond acceptors (Lipinski definition) is 15. The van der Waals surface area contributed by atoms with E-state index in [1.807, 2.05) is 0 Å². The number of rotatable bonds is 78. The van der Waals surface area contributed by atoms with Crippen LogP contribution in [0.3, 0.4) is 0 Å². The lowest BCUT2D eigenvalue weighted by Gasteiger charge is -2.21. The largest absolute Gasteiger partial charge is 0.472 e. The van der Waals surface area contributed by atoms with Crippen LogP contribution >= 0.6 is 15.6 Å². The van der Waals surface area contributed by atoms with E-state index >= 15 is 0 Å². The summed E-state index contributed by atoms with van der Waals surface area (Å²) >= 11 is 0. The highest BCUT2D eigenvalue weighted by Crippen LogP contribution is 2.45. The maximum absolute atomic E-state index is 13.1. The average Bonchev–Trinajstić information content (AvgIpc) is 2.05. The van der Waals surface area contributed by atoms with Crippen LogP contribution in [-0.2, 0) is 65.4 Å². The number of aliphatic hydroxyl groups excluding tert-OH is 1. The van der Waals surface area contributed by atoms with Gasteiger partial charge in [-0.2, -0.15) is 0 Å². The lowest BCUT2D eigenvalue weighted by Crippen LogP contribution is -2.30. The second-order valence-electron chi connectivity index (χ2n) is 28.3. The Bertz CT molecular complexity index is 1860. The summed E-state index contributed by atoms with van der Waals surface area (Å²) in [4.78, 5) is 72.8. The Balaban J connectivity index is 5.17. The summed E-state index contributed by atoms with van der Waals surface area (Å²) in [6, 6.07) is 0. The molecule has 0 aliphatic carbocycles. The average molecular weight is 1420 g/mol. The number of carbonyl (C=O) groups excluding carboxylic acids is 4. The zero-order valence-electron chi connectivity index (χ0n) is 63.2. The van der Waals surface area contributed by atoms with Gasteiger partial charge in [0.15, 0.2) is 12.2 Å². The zero-order valence-corrected chi connectivity index (χ0v) is 65.0. The minimum absolute atomic E-state index is 0.107. The molecule has 3 unspecified atom stereocenters. The molecule has 0 aromatic heterocycles. The highest BCUT2D eigenvalue weighted by atomic mass is 31.2. The summed E-state index contributed by atoms with van der Waals surface area (Å²) in [5, 5.41) is 10.6. The molecule has 0 radical (unpaired) electrons. The molecule has 0 heterocycles. The van der Waals surface area contributed by atoms with Gasteiger partial charge in [-0.25, -0.2) is 9.13 Å². The third-order valence-corrected chi connectivity index (χ3v) is 20.5. The summed E-state index contributed by atoms with van der Waals surface area (Å²) in [6.45, 7) is 7.35. The van der Waals surface area contributed by atoms with Crippen LogP contribution in [-0.4, -0.2) is 96.7 Å². The molecule has 19 heteroatoms. The first-order chi connectivity index (χ1) is 47.1. The van der Waals surface area contributed by atoms with E-state index in [9.17, 15) is 43.2 Å². The van der Waals surface area contributed by atoms with Crippen molar-refractivity contribution in [2.24, 2.45) is 5.92 Å². The minimum Gasteiger partial charge on any atom is -0.462 e. The quantitative estimate of drug-likeness (QED) is 0.0222. The summed E-state index contributed by atoms with van der Waals surface area (Å²) in [5.41, 5.74) is 0. The molecule has 0 aliphatic rings. The number of aliphatic hydroxyl groups is 1. The van der Waals surface area contributed by atoms with Gasteiger partial charge in [-0.05, 0) is 31.6 Å². The van der Waals surface area contributed by atoms with E-state index < -0.39 is 97.5 Å². The fourth-order valence-electron chi connectivity index (χ4n) is 12.0. The molecule has 0 aliphatic heterocycles. The summed E-state index contributed by atoms with van der Waals surface area (Å²) in [5.74, 6) is -1.24. The second-order valence-corrected chi connectivity index (χ2v) is 31.3. The van der Waals surface area contributed by atoms with E-state index in [0.717, 1.165) is 95.8 Å². The van der Waals surface area contributed by atoms with E-state index in [-0.39, 0.29) is 25.7 Å². The molecule has 0 bridgehead atoms. The van der Waals surface area contributed by atoms with E-state index in [0.29, 0.717) is 25.7 Å². The van der Waals surface area contributed by atoms with Gasteiger partial charge in [-0.15, -0.1) is 0 Å². The van der Waals surface area contributed by atoms with E-state index in [2.05, 4.69) is 34.6 Å². The van der Waals surface area contributed by atoms with Gasteiger partial charge in [0.1, 0.15) is 19.3 Å². The molecule has 3 N–H and O–H groups in total. The van der Waals surface area contributed by atoms with Gasteiger partial charge in [-0.3, -0.25) is 37.3 Å². The standard InChI is InChI=1S/C78H152O17P2/c1-6-10-13-16-19-22-24-25-26-32-35-38-43-47-52-57-62-76(81)89-68-74(95-78(83)64-59-54-49-44-39-36-33-30-28-27-29-31-34-37-41-45-50-55-60-71(5)9-4)70-93-97(86,87)91-66-72(79)65-90-96(84,85)92-69-73(67-88-75(80)61-56-51-46-40-21-18-15-12-8-3)94-77(82)63-58-53-48-42-23-20-17-14-11-7-2/h71-74,79H,6-70H2,1-5H3,(H,84,85)(H,86,87)/t71?,72-,73+,74+/m0/s1. The number of ether oxygens (including phenoxy) is 4. The summed E-state index contributed by atoms with van der Waals surface area (Å²) < 4.78 is 68.5. The van der Waals surface area contributed by atoms with Crippen LogP contribution in [0.2, 0.25) is 0 Å². The second kappa shape index (κ2) is 71.1. The van der Waals surface area contributed by atoms with Crippen molar-refractivity contribution in [1.82, 2.24) is 0 Å². The van der Waals surface area contributed by atoms with Crippen molar-refractivity contribution < 1.29 is 80.2 Å². The molecule has 0 aromatic carbocycles. The number of hydrogen-bond donors (Lipinski definition) is 3. The van der Waals surface area contributed by atoms with Crippen LogP contribution < -0.4 is 0 Å². The summed E-state index contributed by atoms with van der Waals surface area (Å²) in [6.07, 6.45) is 61.1. The van der Waals surface area contributed by atoms with Crippen LogP contribution in [0.25, 0.3) is 0 Å². The van der Waals surface area contributed by atoms with E-state index in [1.54, 1.807) is 0 Å². The Kier molecular flexibility index (Phi) is 69.6. The van der Waals surface area contributed by atoms with Crippen molar-refractivity contribution in [2.75, 3.05) is 39.6 Å². The van der Waals surface area contributed by atoms with E-state index in [1.165, 1.54) is 238 Å². The highest BCUT2D eigenvalue weighted by Gasteiger charge is 2.30. The first-order valence-corrected chi connectivity index (χ1v) is 43.7. The van der Waals surface area contributed by atoms with Crippen LogP contribution in [0.15, 0.2) is 0 Å². The van der Waals surface area contributed by atoms with Gasteiger partial charge in [0.05, 0.1) is 26.4 Å². The molecule has 0 aromatic rings. The molecular weight excluding hydrogens is 1270 g/mol. The first-order valence-electron chi connectivity index (χ1n) is 40.7. The molecule has 6 atom stereocenters. The molecule has 0 saturated heterocycles. The molecule has 0 fully saturated rings. The third-order valence-electron chi connectivity index (χ3n) is 18.6. The normalized spacial score (nSPS) is 14.2. The Labute approximate surface area is 594 Å². The number of phosphoric acid groups is 2. The van der Waals surface area contributed by atoms with E-state index in [4.69, 9.17) is 37.0 Å². The Morgan fingerprint density at radius 3 is 0.732 bits per heavy atom. The lowest BCUT2D eigenvalue weighted by molar-refractivity contribution is -0.161. The SMILES string of the molecule is CCCCCCCCCCCCCCCCCCC(=O)OC[C@H](COP(=O)(O)OC[C@@H](O)COP(=O)(O)OC[C@@H](COC(=O)CCCCCCCCCCC)OC(=O)CCCCCCCCCCCC)OC(=O)CCCCCCCCCCCCCCCCCCCCC(C)CC. The van der Waals surface area contributed by atoms with Gasteiger partial charge >= 0.3 is 39.5 Å². The predicted molar refractivity (Wildman–Crippen MR) is 395 cm³/mol. The fraction of sp³-hybridized carbons (Fsp3) is 0.949. The summed E-state index contributed by atoms with van der Waals surface area (Å²) in [7, 11) is -9.91. The maximum atomic E-state index is 13.1. The number of esters is 4. The molecule has 17 nitrogen and oxygen atoms in total.